The van der Waals surface area contributed by atoms with E-state index < -0.39 is 5.97 Å². The molecule has 2 aromatic carbocycles. The molecule has 0 unspecified atom stereocenters. The standard InChI is InChI=1S/C20H20N2O4/c1-26-20(25)16-8-10-17(11-9-16)21-18(23)14-4-6-15(7-5-14)19(24)22-12-2-3-13-22/h4-11H,2-3,12-13H2,1H3,(H,21,23). The molecule has 2 amide bonds. The van der Waals surface area contributed by atoms with Crippen LogP contribution in [0.1, 0.15) is 43.9 Å². The lowest BCUT2D eigenvalue weighted by atomic mass is 10.1. The fraction of sp³-hybridized carbons (Fsp3) is 0.250. The Hall–Kier alpha value is -3.15. The van der Waals surface area contributed by atoms with Crippen molar-refractivity contribution in [3.8, 4) is 0 Å². The lowest BCUT2D eigenvalue weighted by molar-refractivity contribution is 0.0600. The van der Waals surface area contributed by atoms with Crippen LogP contribution in [0, 0.1) is 0 Å². The van der Waals surface area contributed by atoms with Gasteiger partial charge in [-0.2, -0.15) is 0 Å². The van der Waals surface area contributed by atoms with Gasteiger partial charge in [0.05, 0.1) is 12.7 Å². The number of hydrogen-bond donors (Lipinski definition) is 1. The quantitative estimate of drug-likeness (QED) is 0.859. The third-order valence-electron chi connectivity index (χ3n) is 4.35. The molecule has 1 saturated heterocycles. The first-order valence-electron chi connectivity index (χ1n) is 8.47. The Balaban J connectivity index is 1.64. The number of nitrogens with one attached hydrogen (secondary N) is 1. The van der Waals surface area contributed by atoms with E-state index in [-0.39, 0.29) is 11.8 Å². The second-order valence-electron chi connectivity index (χ2n) is 6.10. The molecule has 1 aliphatic heterocycles. The highest BCUT2D eigenvalue weighted by molar-refractivity contribution is 6.05. The fourth-order valence-corrected chi connectivity index (χ4v) is 2.88. The van der Waals surface area contributed by atoms with Crippen molar-refractivity contribution in [3.05, 3.63) is 65.2 Å². The van der Waals surface area contributed by atoms with Crippen molar-refractivity contribution in [2.45, 2.75) is 12.8 Å². The van der Waals surface area contributed by atoms with Gasteiger partial charge in [0.1, 0.15) is 0 Å². The van der Waals surface area contributed by atoms with Gasteiger partial charge in [-0.15, -0.1) is 0 Å². The number of methoxy groups -OCH3 is 1. The molecule has 0 radical (unpaired) electrons. The Morgan fingerprint density at radius 3 is 1.96 bits per heavy atom. The van der Waals surface area contributed by atoms with E-state index in [9.17, 15) is 14.4 Å². The molecular formula is C20H20N2O4. The monoisotopic (exact) mass is 352 g/mol. The molecule has 1 fully saturated rings. The van der Waals surface area contributed by atoms with E-state index in [1.54, 1.807) is 48.5 Å². The SMILES string of the molecule is COC(=O)c1ccc(NC(=O)c2ccc(C(=O)N3CCCC3)cc2)cc1. The van der Waals surface area contributed by atoms with Crippen LogP contribution in [0.5, 0.6) is 0 Å². The maximum absolute atomic E-state index is 12.3. The maximum atomic E-state index is 12.3. The molecule has 3 rings (SSSR count). The number of amides is 2. The second kappa shape index (κ2) is 7.82. The van der Waals surface area contributed by atoms with Gasteiger partial charge in [-0.1, -0.05) is 0 Å². The summed E-state index contributed by atoms with van der Waals surface area (Å²) in [7, 11) is 1.32. The topological polar surface area (TPSA) is 75.7 Å². The Labute approximate surface area is 151 Å². The van der Waals surface area contributed by atoms with Crippen molar-refractivity contribution in [2.24, 2.45) is 0 Å². The van der Waals surface area contributed by atoms with Crippen LogP contribution in [-0.2, 0) is 4.74 Å². The minimum absolute atomic E-state index is 0.00728. The minimum atomic E-state index is -0.430. The van der Waals surface area contributed by atoms with Gasteiger partial charge in [0.15, 0.2) is 0 Å². The summed E-state index contributed by atoms with van der Waals surface area (Å²) in [5.74, 6) is -0.704. The number of carbonyl (C=O) groups excluding carboxylic acids is 3. The molecule has 6 nitrogen and oxygen atoms in total. The molecule has 1 aliphatic rings. The summed E-state index contributed by atoms with van der Waals surface area (Å²) in [4.78, 5) is 37.9. The Kier molecular flexibility index (Phi) is 5.31. The summed E-state index contributed by atoms with van der Waals surface area (Å²) in [6, 6.07) is 13.1. The minimum Gasteiger partial charge on any atom is -0.465 e. The first-order valence-corrected chi connectivity index (χ1v) is 8.47. The average molecular weight is 352 g/mol. The Bertz CT molecular complexity index is 807. The van der Waals surface area contributed by atoms with E-state index in [0.717, 1.165) is 25.9 Å². The summed E-state index contributed by atoms with van der Waals surface area (Å²) in [5.41, 5.74) is 2.03. The number of hydrogen-bond acceptors (Lipinski definition) is 4. The van der Waals surface area contributed by atoms with E-state index in [4.69, 9.17) is 0 Å². The summed E-state index contributed by atoms with van der Waals surface area (Å²) in [6.45, 7) is 1.59. The molecule has 26 heavy (non-hydrogen) atoms. The van der Waals surface area contributed by atoms with E-state index >= 15 is 0 Å². The van der Waals surface area contributed by atoms with Crippen LogP contribution < -0.4 is 5.32 Å². The van der Waals surface area contributed by atoms with Crippen LogP contribution >= 0.6 is 0 Å². The zero-order valence-corrected chi connectivity index (χ0v) is 14.5. The normalized spacial score (nSPS) is 13.3. The molecule has 0 spiro atoms. The number of carbonyl (C=O) groups is 3. The van der Waals surface area contributed by atoms with Crippen molar-refractivity contribution in [3.63, 3.8) is 0 Å². The number of benzene rings is 2. The zero-order valence-electron chi connectivity index (χ0n) is 14.5. The molecule has 0 aliphatic carbocycles. The highest BCUT2D eigenvalue weighted by Crippen LogP contribution is 2.15. The van der Waals surface area contributed by atoms with Crippen LogP contribution in [0.15, 0.2) is 48.5 Å². The van der Waals surface area contributed by atoms with Crippen LogP contribution in [0.4, 0.5) is 5.69 Å². The van der Waals surface area contributed by atoms with Crippen molar-refractivity contribution in [1.29, 1.82) is 0 Å². The molecule has 0 atom stereocenters. The average Bonchev–Trinajstić information content (AvgIpc) is 3.22. The third-order valence-corrected chi connectivity index (χ3v) is 4.35. The molecule has 0 bridgehead atoms. The van der Waals surface area contributed by atoms with Gasteiger partial charge in [0.25, 0.3) is 11.8 Å². The molecule has 6 heteroatoms. The van der Waals surface area contributed by atoms with Crippen LogP contribution in [0.2, 0.25) is 0 Å². The molecule has 1 heterocycles. The number of anilines is 1. The maximum Gasteiger partial charge on any atom is 0.337 e. The third kappa shape index (κ3) is 3.91. The number of rotatable bonds is 4. The predicted molar refractivity (Wildman–Crippen MR) is 97.3 cm³/mol. The molecule has 0 saturated carbocycles. The van der Waals surface area contributed by atoms with Gasteiger partial charge >= 0.3 is 5.97 Å². The van der Waals surface area contributed by atoms with Gasteiger partial charge in [0.2, 0.25) is 0 Å². The lowest BCUT2D eigenvalue weighted by Gasteiger charge is -2.15. The highest BCUT2D eigenvalue weighted by Gasteiger charge is 2.19. The smallest absolute Gasteiger partial charge is 0.337 e. The van der Waals surface area contributed by atoms with E-state index in [1.165, 1.54) is 7.11 Å². The molecular weight excluding hydrogens is 332 g/mol. The van der Waals surface area contributed by atoms with Crippen LogP contribution in [-0.4, -0.2) is 42.9 Å². The predicted octanol–water partition coefficient (Wildman–Crippen LogP) is 2.96. The zero-order chi connectivity index (χ0) is 18.5. The van der Waals surface area contributed by atoms with Crippen molar-refractivity contribution < 1.29 is 19.1 Å². The highest BCUT2D eigenvalue weighted by atomic mass is 16.5. The largest absolute Gasteiger partial charge is 0.465 e. The first-order chi connectivity index (χ1) is 12.6. The van der Waals surface area contributed by atoms with Gasteiger partial charge in [0, 0.05) is 29.9 Å². The number of nitrogens with zero attached hydrogens (tertiary/aromatic N) is 1. The van der Waals surface area contributed by atoms with E-state index in [0.29, 0.717) is 22.4 Å². The summed E-state index contributed by atoms with van der Waals surface area (Å²) in [5, 5.41) is 2.76. The number of esters is 1. The Morgan fingerprint density at radius 2 is 1.38 bits per heavy atom. The number of ether oxygens (including phenoxy) is 1. The van der Waals surface area contributed by atoms with Gasteiger partial charge in [-0.05, 0) is 61.4 Å². The van der Waals surface area contributed by atoms with E-state index in [2.05, 4.69) is 10.1 Å². The van der Waals surface area contributed by atoms with Gasteiger partial charge in [-0.25, -0.2) is 4.79 Å². The lowest BCUT2D eigenvalue weighted by Crippen LogP contribution is -2.27. The van der Waals surface area contributed by atoms with E-state index in [1.807, 2.05) is 4.90 Å². The number of likely N-dealkylation sites (tertiary alicyclic amines) is 1. The van der Waals surface area contributed by atoms with Crippen molar-refractivity contribution >= 4 is 23.5 Å². The molecule has 2 aromatic rings. The Morgan fingerprint density at radius 1 is 0.846 bits per heavy atom. The molecule has 0 aromatic heterocycles. The van der Waals surface area contributed by atoms with Gasteiger partial charge in [-0.3, -0.25) is 9.59 Å². The van der Waals surface area contributed by atoms with Crippen molar-refractivity contribution in [1.82, 2.24) is 4.90 Å². The second-order valence-corrected chi connectivity index (χ2v) is 6.10. The fourth-order valence-electron chi connectivity index (χ4n) is 2.88. The summed E-state index contributed by atoms with van der Waals surface area (Å²) >= 11 is 0. The molecule has 1 N–H and O–H groups in total. The molecule has 134 valence electrons. The van der Waals surface area contributed by atoms with Crippen molar-refractivity contribution in [2.75, 3.05) is 25.5 Å². The van der Waals surface area contributed by atoms with Crippen LogP contribution in [0.25, 0.3) is 0 Å². The summed E-state index contributed by atoms with van der Waals surface area (Å²) < 4.78 is 4.64. The van der Waals surface area contributed by atoms with Gasteiger partial charge < -0.3 is 15.0 Å². The van der Waals surface area contributed by atoms with Crippen LogP contribution in [0.3, 0.4) is 0 Å². The summed E-state index contributed by atoms with van der Waals surface area (Å²) in [6.07, 6.45) is 2.09. The first kappa shape index (κ1) is 17.7.